The summed E-state index contributed by atoms with van der Waals surface area (Å²) >= 11 is 0. The van der Waals surface area contributed by atoms with Gasteiger partial charge in [-0.05, 0) is 23.6 Å². The summed E-state index contributed by atoms with van der Waals surface area (Å²) < 4.78 is 0. The number of benzene rings is 1. The lowest BCUT2D eigenvalue weighted by atomic mass is 9.75. The van der Waals surface area contributed by atoms with E-state index in [1.165, 1.54) is 11.1 Å². The van der Waals surface area contributed by atoms with Crippen LogP contribution in [0.15, 0.2) is 54.9 Å². The molecule has 1 aromatic heterocycles. The molecule has 0 bridgehead atoms. The molecule has 0 aliphatic rings. The highest BCUT2D eigenvalue weighted by Crippen LogP contribution is 2.34. The number of aromatic nitrogens is 1. The second-order valence-electron chi connectivity index (χ2n) is 4.29. The molecule has 82 valence electrons. The van der Waals surface area contributed by atoms with Gasteiger partial charge in [0.15, 0.2) is 0 Å². The summed E-state index contributed by atoms with van der Waals surface area (Å²) in [7, 11) is 0. The molecule has 0 radical (unpaired) electrons. The smallest absolute Gasteiger partial charge is 0.0308 e. The van der Waals surface area contributed by atoms with E-state index in [9.17, 15) is 0 Å². The molecule has 16 heavy (non-hydrogen) atoms. The molecule has 0 aliphatic carbocycles. The standard InChI is InChI=1S/C15H17N/c1-3-15(2,13-8-5-4-6-9-13)14-10-7-11-16-12-14/h4-12H,3H2,1-2H3. The van der Waals surface area contributed by atoms with Crippen LogP contribution in [0.2, 0.25) is 0 Å². The van der Waals surface area contributed by atoms with Gasteiger partial charge in [0.2, 0.25) is 0 Å². The number of hydrogen-bond donors (Lipinski definition) is 0. The topological polar surface area (TPSA) is 12.9 Å². The zero-order chi connectivity index (χ0) is 11.4. The molecule has 1 heterocycles. The lowest BCUT2D eigenvalue weighted by Gasteiger charge is -2.29. The molecule has 0 aliphatic heterocycles. The number of pyridine rings is 1. The third-order valence-corrected chi connectivity index (χ3v) is 3.42. The Kier molecular flexibility index (Phi) is 3.04. The molecule has 0 fully saturated rings. The van der Waals surface area contributed by atoms with Crippen LogP contribution in [0.3, 0.4) is 0 Å². The Balaban J connectivity index is 2.49. The Morgan fingerprint density at radius 2 is 1.69 bits per heavy atom. The fourth-order valence-corrected chi connectivity index (χ4v) is 2.07. The highest BCUT2D eigenvalue weighted by molar-refractivity contribution is 5.36. The lowest BCUT2D eigenvalue weighted by Crippen LogP contribution is -2.22. The fourth-order valence-electron chi connectivity index (χ4n) is 2.07. The molecule has 1 nitrogen and oxygen atoms in total. The zero-order valence-corrected chi connectivity index (χ0v) is 9.85. The van der Waals surface area contributed by atoms with E-state index in [1.807, 2.05) is 18.5 Å². The Bertz CT molecular complexity index is 394. The van der Waals surface area contributed by atoms with Crippen molar-refractivity contribution in [2.75, 3.05) is 0 Å². The zero-order valence-electron chi connectivity index (χ0n) is 9.85. The van der Waals surface area contributed by atoms with Gasteiger partial charge in [0.1, 0.15) is 0 Å². The average molecular weight is 211 g/mol. The van der Waals surface area contributed by atoms with E-state index in [4.69, 9.17) is 0 Å². The largest absolute Gasteiger partial charge is 0.264 e. The minimum atomic E-state index is 0.0650. The van der Waals surface area contributed by atoms with Gasteiger partial charge in [0.25, 0.3) is 0 Å². The van der Waals surface area contributed by atoms with E-state index in [2.05, 4.69) is 55.2 Å². The summed E-state index contributed by atoms with van der Waals surface area (Å²) in [5, 5.41) is 0. The Hall–Kier alpha value is -1.63. The van der Waals surface area contributed by atoms with E-state index in [-0.39, 0.29) is 5.41 Å². The summed E-state index contributed by atoms with van der Waals surface area (Å²) in [6, 6.07) is 14.8. The molecular formula is C15H17N. The molecule has 0 N–H and O–H groups in total. The van der Waals surface area contributed by atoms with Crippen molar-refractivity contribution in [3.8, 4) is 0 Å². The first-order valence-corrected chi connectivity index (χ1v) is 5.73. The molecule has 0 spiro atoms. The maximum Gasteiger partial charge on any atom is 0.0308 e. The van der Waals surface area contributed by atoms with Crippen LogP contribution in [0, 0.1) is 0 Å². The van der Waals surface area contributed by atoms with Crippen LogP contribution in [-0.2, 0) is 5.41 Å². The molecule has 0 amide bonds. The highest BCUT2D eigenvalue weighted by atomic mass is 14.6. The molecule has 0 saturated heterocycles. The summed E-state index contributed by atoms with van der Waals surface area (Å²) in [5.74, 6) is 0. The van der Waals surface area contributed by atoms with Crippen LogP contribution < -0.4 is 0 Å². The molecular weight excluding hydrogens is 194 g/mol. The van der Waals surface area contributed by atoms with E-state index in [0.717, 1.165) is 6.42 Å². The number of hydrogen-bond acceptors (Lipinski definition) is 1. The van der Waals surface area contributed by atoms with Gasteiger partial charge < -0.3 is 0 Å². The highest BCUT2D eigenvalue weighted by Gasteiger charge is 2.26. The van der Waals surface area contributed by atoms with Crippen LogP contribution in [-0.4, -0.2) is 4.98 Å². The SMILES string of the molecule is CCC(C)(c1ccccc1)c1cccnc1. The summed E-state index contributed by atoms with van der Waals surface area (Å²) in [4.78, 5) is 4.22. The molecule has 0 saturated carbocycles. The molecule has 1 heteroatoms. The molecule has 1 unspecified atom stereocenters. The van der Waals surface area contributed by atoms with Crippen molar-refractivity contribution < 1.29 is 0 Å². The Morgan fingerprint density at radius 3 is 2.25 bits per heavy atom. The molecule has 2 rings (SSSR count). The minimum Gasteiger partial charge on any atom is -0.264 e. The Morgan fingerprint density at radius 1 is 1.00 bits per heavy atom. The van der Waals surface area contributed by atoms with Crippen LogP contribution in [0.25, 0.3) is 0 Å². The summed E-state index contributed by atoms with van der Waals surface area (Å²) in [6.45, 7) is 4.50. The van der Waals surface area contributed by atoms with Crippen molar-refractivity contribution in [2.45, 2.75) is 25.7 Å². The van der Waals surface area contributed by atoms with Crippen molar-refractivity contribution in [3.05, 3.63) is 66.0 Å². The van der Waals surface area contributed by atoms with Gasteiger partial charge >= 0.3 is 0 Å². The fraction of sp³-hybridized carbons (Fsp3) is 0.267. The summed E-state index contributed by atoms with van der Waals surface area (Å²) in [5.41, 5.74) is 2.70. The first kappa shape index (κ1) is 10.9. The van der Waals surface area contributed by atoms with Crippen molar-refractivity contribution >= 4 is 0 Å². The maximum atomic E-state index is 4.22. The third-order valence-electron chi connectivity index (χ3n) is 3.42. The van der Waals surface area contributed by atoms with Crippen molar-refractivity contribution in [1.29, 1.82) is 0 Å². The van der Waals surface area contributed by atoms with Crippen LogP contribution in [0.5, 0.6) is 0 Å². The average Bonchev–Trinajstić information content (AvgIpc) is 2.40. The first-order chi connectivity index (χ1) is 7.77. The number of rotatable bonds is 3. The van der Waals surface area contributed by atoms with Crippen LogP contribution in [0.4, 0.5) is 0 Å². The molecule has 2 aromatic rings. The predicted molar refractivity (Wildman–Crippen MR) is 67.4 cm³/mol. The lowest BCUT2D eigenvalue weighted by molar-refractivity contribution is 0.547. The summed E-state index contributed by atoms with van der Waals surface area (Å²) in [6.07, 6.45) is 4.86. The quantitative estimate of drug-likeness (QED) is 0.752. The van der Waals surface area contributed by atoms with Gasteiger partial charge in [-0.15, -0.1) is 0 Å². The van der Waals surface area contributed by atoms with Crippen LogP contribution >= 0.6 is 0 Å². The second-order valence-corrected chi connectivity index (χ2v) is 4.29. The Labute approximate surface area is 97.2 Å². The predicted octanol–water partition coefficient (Wildman–Crippen LogP) is 3.80. The van der Waals surface area contributed by atoms with E-state index < -0.39 is 0 Å². The monoisotopic (exact) mass is 211 g/mol. The van der Waals surface area contributed by atoms with Gasteiger partial charge in [-0.3, -0.25) is 4.98 Å². The second kappa shape index (κ2) is 4.48. The van der Waals surface area contributed by atoms with E-state index in [0.29, 0.717) is 0 Å². The van der Waals surface area contributed by atoms with Crippen molar-refractivity contribution in [2.24, 2.45) is 0 Å². The van der Waals surface area contributed by atoms with Gasteiger partial charge in [-0.2, -0.15) is 0 Å². The molecule has 1 aromatic carbocycles. The maximum absolute atomic E-state index is 4.22. The van der Waals surface area contributed by atoms with E-state index in [1.54, 1.807) is 0 Å². The number of nitrogens with zero attached hydrogens (tertiary/aromatic N) is 1. The van der Waals surface area contributed by atoms with Gasteiger partial charge in [0.05, 0.1) is 0 Å². The van der Waals surface area contributed by atoms with Crippen molar-refractivity contribution in [1.82, 2.24) is 4.98 Å². The first-order valence-electron chi connectivity index (χ1n) is 5.73. The normalized spacial score (nSPS) is 14.4. The van der Waals surface area contributed by atoms with Crippen LogP contribution in [0.1, 0.15) is 31.4 Å². The third kappa shape index (κ3) is 1.85. The molecule has 1 atom stereocenters. The van der Waals surface area contributed by atoms with Crippen molar-refractivity contribution in [3.63, 3.8) is 0 Å². The van der Waals surface area contributed by atoms with Gasteiger partial charge in [-0.25, -0.2) is 0 Å². The minimum absolute atomic E-state index is 0.0650. The van der Waals surface area contributed by atoms with Gasteiger partial charge in [-0.1, -0.05) is 50.2 Å². The van der Waals surface area contributed by atoms with Gasteiger partial charge in [0, 0.05) is 17.8 Å². The van der Waals surface area contributed by atoms with E-state index >= 15 is 0 Å².